The summed E-state index contributed by atoms with van der Waals surface area (Å²) in [4.78, 5) is 2.62. The van der Waals surface area contributed by atoms with Crippen LogP contribution in [-0.4, -0.2) is 50.8 Å². The van der Waals surface area contributed by atoms with Gasteiger partial charge in [0.15, 0.2) is 0 Å². The Bertz CT molecular complexity index is 231. The van der Waals surface area contributed by atoms with Crippen molar-refractivity contribution >= 4 is 0 Å². The highest BCUT2D eigenvalue weighted by Gasteiger charge is 2.27. The lowest BCUT2D eigenvalue weighted by Crippen LogP contribution is -2.42. The molecule has 0 aromatic rings. The average molecular weight is 254 g/mol. The van der Waals surface area contributed by atoms with Gasteiger partial charge in [-0.2, -0.15) is 0 Å². The van der Waals surface area contributed by atoms with Gasteiger partial charge in [0.05, 0.1) is 6.61 Å². The van der Waals surface area contributed by atoms with Crippen molar-refractivity contribution in [1.29, 1.82) is 0 Å². The zero-order valence-corrected chi connectivity index (χ0v) is 12.2. The topological polar surface area (TPSA) is 24.5 Å². The molecule has 0 spiro atoms. The first-order chi connectivity index (χ1) is 8.72. The van der Waals surface area contributed by atoms with E-state index in [2.05, 4.69) is 24.1 Å². The summed E-state index contributed by atoms with van der Waals surface area (Å²) >= 11 is 0. The molecule has 18 heavy (non-hydrogen) atoms. The third-order valence-electron chi connectivity index (χ3n) is 4.98. The highest BCUT2D eigenvalue weighted by molar-refractivity contribution is 4.81. The number of hydrogen-bond acceptors (Lipinski definition) is 3. The van der Waals surface area contributed by atoms with Crippen LogP contribution in [-0.2, 0) is 4.74 Å². The highest BCUT2D eigenvalue weighted by atomic mass is 16.5. The van der Waals surface area contributed by atoms with Crippen LogP contribution in [0.25, 0.3) is 0 Å². The molecule has 0 bridgehead atoms. The Hall–Kier alpha value is -0.120. The fraction of sp³-hybridized carbons (Fsp3) is 1.00. The minimum Gasteiger partial charge on any atom is -0.381 e. The van der Waals surface area contributed by atoms with Crippen molar-refractivity contribution in [3.63, 3.8) is 0 Å². The molecule has 0 radical (unpaired) electrons. The molecule has 2 heterocycles. The Morgan fingerprint density at radius 2 is 2.11 bits per heavy atom. The maximum atomic E-state index is 5.39. The van der Waals surface area contributed by atoms with Crippen molar-refractivity contribution in [3.8, 4) is 0 Å². The van der Waals surface area contributed by atoms with E-state index in [1.165, 1.54) is 45.3 Å². The van der Waals surface area contributed by atoms with Crippen molar-refractivity contribution in [2.24, 2.45) is 11.3 Å². The van der Waals surface area contributed by atoms with Gasteiger partial charge in [0.1, 0.15) is 0 Å². The monoisotopic (exact) mass is 254 g/mol. The normalized spacial score (nSPS) is 28.7. The van der Waals surface area contributed by atoms with Crippen molar-refractivity contribution in [2.75, 3.05) is 45.9 Å². The molecule has 0 aliphatic carbocycles. The number of nitrogens with one attached hydrogen (secondary N) is 1. The maximum Gasteiger partial charge on any atom is 0.0507 e. The predicted octanol–water partition coefficient (Wildman–Crippen LogP) is 2.12. The van der Waals surface area contributed by atoms with E-state index in [1.807, 2.05) is 0 Å². The van der Waals surface area contributed by atoms with E-state index in [-0.39, 0.29) is 0 Å². The van der Waals surface area contributed by atoms with Gasteiger partial charge in [0.2, 0.25) is 0 Å². The van der Waals surface area contributed by atoms with Gasteiger partial charge in [0, 0.05) is 26.2 Å². The van der Waals surface area contributed by atoms with Gasteiger partial charge < -0.3 is 15.0 Å². The molecule has 2 rings (SSSR count). The molecule has 1 atom stereocenters. The quantitative estimate of drug-likeness (QED) is 0.735. The lowest BCUT2D eigenvalue weighted by Gasteiger charge is -2.39. The zero-order chi connectivity index (χ0) is 12.8. The standard InChI is InChI=1S/C15H30N2O/c1-3-15(2)5-8-17(9-6-15)10-7-16-12-14-4-11-18-13-14/h14,16H,3-13H2,1-2H3. The van der Waals surface area contributed by atoms with Crippen molar-refractivity contribution in [3.05, 3.63) is 0 Å². The minimum absolute atomic E-state index is 0.616. The molecular formula is C15H30N2O. The molecule has 3 nitrogen and oxygen atoms in total. The van der Waals surface area contributed by atoms with Crippen LogP contribution in [0.4, 0.5) is 0 Å². The number of ether oxygens (including phenoxy) is 1. The molecule has 1 N–H and O–H groups in total. The lowest BCUT2D eigenvalue weighted by molar-refractivity contribution is 0.115. The molecule has 0 saturated carbocycles. The van der Waals surface area contributed by atoms with Gasteiger partial charge in [-0.25, -0.2) is 0 Å². The van der Waals surface area contributed by atoms with Crippen LogP contribution < -0.4 is 5.32 Å². The van der Waals surface area contributed by atoms with Gasteiger partial charge in [-0.05, 0) is 43.7 Å². The number of rotatable bonds is 6. The fourth-order valence-electron chi connectivity index (χ4n) is 2.96. The molecule has 2 aliphatic heterocycles. The molecule has 3 heteroatoms. The molecular weight excluding hydrogens is 224 g/mol. The Kier molecular flexibility index (Phi) is 5.46. The van der Waals surface area contributed by atoms with Crippen LogP contribution in [0.15, 0.2) is 0 Å². The van der Waals surface area contributed by atoms with Crippen molar-refractivity contribution in [2.45, 2.75) is 39.5 Å². The summed E-state index contributed by atoms with van der Waals surface area (Å²) in [6.45, 7) is 12.8. The summed E-state index contributed by atoms with van der Waals surface area (Å²) in [7, 11) is 0. The maximum absolute atomic E-state index is 5.39. The summed E-state index contributed by atoms with van der Waals surface area (Å²) in [5.41, 5.74) is 0.616. The second-order valence-electron chi connectivity index (χ2n) is 6.44. The Balaban J connectivity index is 1.52. The van der Waals surface area contributed by atoms with Crippen LogP contribution in [0.5, 0.6) is 0 Å². The Morgan fingerprint density at radius 3 is 2.72 bits per heavy atom. The first kappa shape index (κ1) is 14.3. The SMILES string of the molecule is CCC1(C)CCN(CCNCC2CCOC2)CC1. The molecule has 2 fully saturated rings. The van der Waals surface area contributed by atoms with E-state index >= 15 is 0 Å². The number of piperidine rings is 1. The predicted molar refractivity (Wildman–Crippen MR) is 75.9 cm³/mol. The average Bonchev–Trinajstić information content (AvgIpc) is 2.90. The van der Waals surface area contributed by atoms with E-state index in [0.29, 0.717) is 5.41 Å². The summed E-state index contributed by atoms with van der Waals surface area (Å²) in [5, 5.41) is 3.59. The fourth-order valence-corrected chi connectivity index (χ4v) is 2.96. The van der Waals surface area contributed by atoms with Crippen LogP contribution in [0.1, 0.15) is 39.5 Å². The first-order valence-electron chi connectivity index (χ1n) is 7.73. The number of hydrogen-bond donors (Lipinski definition) is 1. The zero-order valence-electron chi connectivity index (χ0n) is 12.2. The van der Waals surface area contributed by atoms with E-state index in [4.69, 9.17) is 4.74 Å². The second-order valence-corrected chi connectivity index (χ2v) is 6.44. The van der Waals surface area contributed by atoms with Crippen molar-refractivity contribution in [1.82, 2.24) is 10.2 Å². The largest absolute Gasteiger partial charge is 0.381 e. The Morgan fingerprint density at radius 1 is 1.33 bits per heavy atom. The molecule has 0 aromatic carbocycles. The summed E-state index contributed by atoms with van der Waals surface area (Å²) < 4.78 is 5.39. The molecule has 106 valence electrons. The molecule has 1 unspecified atom stereocenters. The third-order valence-corrected chi connectivity index (χ3v) is 4.98. The van der Waals surface area contributed by atoms with Crippen LogP contribution >= 0.6 is 0 Å². The number of likely N-dealkylation sites (tertiary alicyclic amines) is 1. The molecule has 0 amide bonds. The van der Waals surface area contributed by atoms with Gasteiger partial charge >= 0.3 is 0 Å². The molecule has 2 aliphatic rings. The highest BCUT2D eigenvalue weighted by Crippen LogP contribution is 2.33. The van der Waals surface area contributed by atoms with Crippen molar-refractivity contribution < 1.29 is 4.74 Å². The van der Waals surface area contributed by atoms with E-state index < -0.39 is 0 Å². The first-order valence-corrected chi connectivity index (χ1v) is 7.73. The smallest absolute Gasteiger partial charge is 0.0507 e. The Labute approximate surface area is 112 Å². The summed E-state index contributed by atoms with van der Waals surface area (Å²) in [6.07, 6.45) is 5.33. The third kappa shape index (κ3) is 4.22. The second kappa shape index (κ2) is 6.88. The van der Waals surface area contributed by atoms with Gasteiger partial charge in [-0.3, -0.25) is 0 Å². The molecule has 2 saturated heterocycles. The summed E-state index contributed by atoms with van der Waals surface area (Å²) in [6, 6.07) is 0. The lowest BCUT2D eigenvalue weighted by atomic mass is 9.78. The number of nitrogens with zero attached hydrogens (tertiary/aromatic N) is 1. The van der Waals surface area contributed by atoms with Gasteiger partial charge in [-0.15, -0.1) is 0 Å². The van der Waals surface area contributed by atoms with Gasteiger partial charge in [0.25, 0.3) is 0 Å². The summed E-state index contributed by atoms with van der Waals surface area (Å²) in [5.74, 6) is 0.759. The minimum atomic E-state index is 0.616. The van der Waals surface area contributed by atoms with Crippen LogP contribution in [0, 0.1) is 11.3 Å². The molecule has 0 aromatic heterocycles. The van der Waals surface area contributed by atoms with Gasteiger partial charge in [-0.1, -0.05) is 20.3 Å². The van der Waals surface area contributed by atoms with E-state index in [9.17, 15) is 0 Å². The van der Waals surface area contributed by atoms with Crippen LogP contribution in [0.2, 0.25) is 0 Å². The van der Waals surface area contributed by atoms with E-state index in [0.717, 1.165) is 32.2 Å². The van der Waals surface area contributed by atoms with E-state index in [1.54, 1.807) is 0 Å². The van der Waals surface area contributed by atoms with Crippen LogP contribution in [0.3, 0.4) is 0 Å².